The summed E-state index contributed by atoms with van der Waals surface area (Å²) in [5, 5.41) is 4.61. The van der Waals surface area contributed by atoms with Crippen LogP contribution in [0.25, 0.3) is 21.9 Å². The Morgan fingerprint density at radius 2 is 1.80 bits per heavy atom. The number of para-hydroxylation sites is 3. The van der Waals surface area contributed by atoms with Crippen LogP contribution in [0, 0.1) is 0 Å². The van der Waals surface area contributed by atoms with Gasteiger partial charge in [0.15, 0.2) is 0 Å². The van der Waals surface area contributed by atoms with Gasteiger partial charge in [0.05, 0.1) is 17.5 Å². The molecule has 0 aliphatic carbocycles. The van der Waals surface area contributed by atoms with Crippen molar-refractivity contribution in [2.45, 2.75) is 18.9 Å². The minimum Gasteiger partial charge on any atom is -0.361 e. The average molecular weight is 484 g/mol. The summed E-state index contributed by atoms with van der Waals surface area (Å²) in [6.07, 6.45) is 2.67. The molecule has 7 nitrogen and oxygen atoms in total. The van der Waals surface area contributed by atoms with E-state index in [1.54, 1.807) is 29.2 Å². The second-order valence-corrected chi connectivity index (χ2v) is 9.08. The van der Waals surface area contributed by atoms with Crippen molar-refractivity contribution >= 4 is 57.0 Å². The van der Waals surface area contributed by atoms with E-state index < -0.39 is 6.04 Å². The number of nitrogens with one attached hydrogen (secondary N) is 2. The smallest absolute Gasteiger partial charge is 0.253 e. The molecule has 8 heteroatoms. The number of amides is 2. The van der Waals surface area contributed by atoms with E-state index in [0.717, 1.165) is 27.5 Å². The number of halogens is 1. The van der Waals surface area contributed by atoms with Gasteiger partial charge in [-0.25, -0.2) is 4.98 Å². The number of carbonyl (C=O) groups excluding carboxylic acids is 2. The molecule has 6 rings (SSSR count). The summed E-state index contributed by atoms with van der Waals surface area (Å²) in [4.78, 5) is 36.2. The van der Waals surface area contributed by atoms with E-state index in [0.29, 0.717) is 29.6 Å². The molecule has 1 aliphatic rings. The summed E-state index contributed by atoms with van der Waals surface area (Å²) in [6, 6.07) is 22.1. The Morgan fingerprint density at radius 3 is 2.66 bits per heavy atom. The Labute approximate surface area is 206 Å². The SMILES string of the molecule is O=C(C[C@H]1C(=O)N(CCc2c[nH]c3ccccc23)c2nc3ccccc3n21)Nc1ccc(Cl)cc1. The summed E-state index contributed by atoms with van der Waals surface area (Å²) >= 11 is 5.94. The first-order chi connectivity index (χ1) is 17.1. The van der Waals surface area contributed by atoms with Gasteiger partial charge in [0, 0.05) is 34.4 Å². The van der Waals surface area contributed by atoms with Gasteiger partial charge in [0.25, 0.3) is 5.91 Å². The largest absolute Gasteiger partial charge is 0.361 e. The molecule has 5 aromatic rings. The second kappa shape index (κ2) is 8.60. The Bertz CT molecular complexity index is 1570. The molecule has 0 radical (unpaired) electrons. The number of rotatable bonds is 6. The molecular formula is C27H22ClN5O2. The van der Waals surface area contributed by atoms with Crippen molar-refractivity contribution in [3.8, 4) is 0 Å². The summed E-state index contributed by atoms with van der Waals surface area (Å²) in [6.45, 7) is 0.472. The molecule has 174 valence electrons. The van der Waals surface area contributed by atoms with Crippen LogP contribution in [0.1, 0.15) is 18.0 Å². The fraction of sp³-hybridized carbons (Fsp3) is 0.148. The number of aromatic amines is 1. The van der Waals surface area contributed by atoms with E-state index >= 15 is 0 Å². The first-order valence-electron chi connectivity index (χ1n) is 11.5. The number of carbonyl (C=O) groups is 2. The minimum atomic E-state index is -0.660. The molecular weight excluding hydrogens is 462 g/mol. The standard InChI is InChI=1S/C27H22ClN5O2/c28-18-9-11-19(12-10-18)30-25(34)15-24-26(35)32(27-31-22-7-3-4-8-23(22)33(24)27)14-13-17-16-29-21-6-2-1-5-20(17)21/h1-12,16,24,29H,13-15H2,(H,30,34)/t24-/m0/s1. The van der Waals surface area contributed by atoms with Gasteiger partial charge in [0.2, 0.25) is 11.9 Å². The van der Waals surface area contributed by atoms with E-state index in [-0.39, 0.29) is 18.2 Å². The monoisotopic (exact) mass is 483 g/mol. The van der Waals surface area contributed by atoms with Crippen molar-refractivity contribution in [3.05, 3.63) is 89.6 Å². The summed E-state index contributed by atoms with van der Waals surface area (Å²) in [7, 11) is 0. The van der Waals surface area contributed by atoms with E-state index in [9.17, 15) is 9.59 Å². The third-order valence-electron chi connectivity index (χ3n) is 6.47. The highest BCUT2D eigenvalue weighted by molar-refractivity contribution is 6.30. The lowest BCUT2D eigenvalue weighted by atomic mass is 10.1. The highest BCUT2D eigenvalue weighted by Crippen LogP contribution is 2.37. The van der Waals surface area contributed by atoms with Crippen LogP contribution < -0.4 is 10.2 Å². The molecule has 2 N–H and O–H groups in total. The molecule has 0 saturated carbocycles. The number of fused-ring (bicyclic) bond motifs is 4. The molecule has 3 aromatic carbocycles. The molecule has 0 saturated heterocycles. The molecule has 0 spiro atoms. The number of benzene rings is 3. The Hall–Kier alpha value is -4.10. The van der Waals surface area contributed by atoms with Gasteiger partial charge in [0.1, 0.15) is 6.04 Å². The van der Waals surface area contributed by atoms with Gasteiger partial charge >= 0.3 is 0 Å². The van der Waals surface area contributed by atoms with Gasteiger partial charge < -0.3 is 10.3 Å². The number of H-pyrrole nitrogens is 1. The average Bonchev–Trinajstić information content (AvgIpc) is 3.52. The van der Waals surface area contributed by atoms with E-state index in [1.807, 2.05) is 53.2 Å². The van der Waals surface area contributed by atoms with Gasteiger partial charge in [-0.1, -0.05) is 41.9 Å². The van der Waals surface area contributed by atoms with Crippen LogP contribution >= 0.6 is 11.6 Å². The number of hydrogen-bond donors (Lipinski definition) is 2. The van der Waals surface area contributed by atoms with Crippen LogP contribution in [-0.4, -0.2) is 32.9 Å². The van der Waals surface area contributed by atoms with Crippen LogP contribution in [-0.2, 0) is 16.0 Å². The van der Waals surface area contributed by atoms with Crippen molar-refractivity contribution in [1.29, 1.82) is 0 Å². The Balaban J connectivity index is 1.28. The molecule has 0 bridgehead atoms. The van der Waals surface area contributed by atoms with E-state index in [1.165, 1.54) is 0 Å². The summed E-state index contributed by atoms with van der Waals surface area (Å²) < 4.78 is 1.90. The molecule has 3 heterocycles. The first kappa shape index (κ1) is 21.4. The molecule has 2 amide bonds. The third-order valence-corrected chi connectivity index (χ3v) is 6.72. The quantitative estimate of drug-likeness (QED) is 0.342. The fourth-order valence-electron chi connectivity index (χ4n) is 4.80. The Kier molecular flexibility index (Phi) is 5.26. The van der Waals surface area contributed by atoms with Crippen molar-refractivity contribution < 1.29 is 9.59 Å². The molecule has 2 aromatic heterocycles. The van der Waals surface area contributed by atoms with Crippen molar-refractivity contribution in [2.24, 2.45) is 0 Å². The summed E-state index contributed by atoms with van der Waals surface area (Å²) in [5.74, 6) is 0.220. The number of imidazole rings is 1. The van der Waals surface area contributed by atoms with Crippen molar-refractivity contribution in [2.75, 3.05) is 16.8 Å². The third kappa shape index (κ3) is 3.84. The highest BCUT2D eigenvalue weighted by Gasteiger charge is 2.40. The maximum atomic E-state index is 13.6. The zero-order valence-electron chi connectivity index (χ0n) is 18.7. The van der Waals surface area contributed by atoms with E-state index in [4.69, 9.17) is 16.6 Å². The normalized spacial score (nSPS) is 15.2. The first-order valence-corrected chi connectivity index (χ1v) is 11.8. The van der Waals surface area contributed by atoms with Crippen molar-refractivity contribution in [1.82, 2.24) is 14.5 Å². The number of anilines is 2. The maximum absolute atomic E-state index is 13.6. The second-order valence-electron chi connectivity index (χ2n) is 8.64. The van der Waals surface area contributed by atoms with Crippen LogP contribution in [0.4, 0.5) is 11.6 Å². The summed E-state index contributed by atoms with van der Waals surface area (Å²) in [5.41, 5.74) is 4.49. The number of nitrogens with zero attached hydrogens (tertiary/aromatic N) is 3. The zero-order valence-corrected chi connectivity index (χ0v) is 19.5. The lowest BCUT2D eigenvalue weighted by Gasteiger charge is -2.16. The fourth-order valence-corrected chi connectivity index (χ4v) is 4.92. The predicted molar refractivity (Wildman–Crippen MR) is 138 cm³/mol. The highest BCUT2D eigenvalue weighted by atomic mass is 35.5. The minimum absolute atomic E-state index is 0.0123. The zero-order chi connectivity index (χ0) is 23.9. The lowest BCUT2D eigenvalue weighted by Crippen LogP contribution is -2.33. The van der Waals surface area contributed by atoms with Crippen LogP contribution in [0.2, 0.25) is 5.02 Å². The Morgan fingerprint density at radius 1 is 1.03 bits per heavy atom. The van der Waals surface area contributed by atoms with Crippen LogP contribution in [0.3, 0.4) is 0 Å². The van der Waals surface area contributed by atoms with Crippen LogP contribution in [0.15, 0.2) is 79.0 Å². The van der Waals surface area contributed by atoms with E-state index in [2.05, 4.69) is 16.4 Å². The maximum Gasteiger partial charge on any atom is 0.253 e. The van der Waals surface area contributed by atoms with Gasteiger partial charge in [-0.3, -0.25) is 19.1 Å². The number of hydrogen-bond acceptors (Lipinski definition) is 3. The molecule has 35 heavy (non-hydrogen) atoms. The van der Waals surface area contributed by atoms with Gasteiger partial charge in [-0.2, -0.15) is 0 Å². The molecule has 1 aliphatic heterocycles. The number of aromatic nitrogens is 3. The lowest BCUT2D eigenvalue weighted by molar-refractivity contribution is -0.124. The predicted octanol–water partition coefficient (Wildman–Crippen LogP) is 5.33. The topological polar surface area (TPSA) is 83.0 Å². The van der Waals surface area contributed by atoms with Crippen molar-refractivity contribution in [3.63, 3.8) is 0 Å². The van der Waals surface area contributed by atoms with Gasteiger partial charge in [-0.05, 0) is 54.4 Å². The molecule has 1 atom stereocenters. The van der Waals surface area contributed by atoms with Gasteiger partial charge in [-0.15, -0.1) is 0 Å². The molecule has 0 unspecified atom stereocenters. The molecule has 0 fully saturated rings. The van der Waals surface area contributed by atoms with Crippen LogP contribution in [0.5, 0.6) is 0 Å².